The molecule has 0 radical (unpaired) electrons. The van der Waals surface area contributed by atoms with E-state index in [1.165, 1.54) is 0 Å². The molecule has 0 saturated heterocycles. The van der Waals surface area contributed by atoms with Gasteiger partial charge in [0.1, 0.15) is 5.60 Å². The average molecular weight is 403 g/mol. The van der Waals surface area contributed by atoms with Crippen molar-refractivity contribution in [3.63, 3.8) is 0 Å². The number of benzene rings is 1. The fraction of sp³-hybridized carbons (Fsp3) is 0.565. The molecule has 2 rings (SSSR count). The summed E-state index contributed by atoms with van der Waals surface area (Å²) in [6.07, 6.45) is 6.04. The van der Waals surface area contributed by atoms with Gasteiger partial charge in [-0.1, -0.05) is 32.1 Å². The molecule has 0 unspecified atom stereocenters. The van der Waals surface area contributed by atoms with Gasteiger partial charge in [0.2, 0.25) is 0 Å². The van der Waals surface area contributed by atoms with Gasteiger partial charge < -0.3 is 14.7 Å². The Morgan fingerprint density at radius 1 is 1.17 bits per heavy atom. The summed E-state index contributed by atoms with van der Waals surface area (Å²) in [4.78, 5) is 28.1. The average Bonchev–Trinajstić information content (AvgIpc) is 2.64. The number of hydrogen-bond donors (Lipinski definition) is 1. The quantitative estimate of drug-likeness (QED) is 0.655. The number of nitrogens with zero attached hydrogens (tertiary/aromatic N) is 2. The Bertz CT molecular complexity index is 759. The lowest BCUT2D eigenvalue weighted by Gasteiger charge is -2.34. The molecule has 160 valence electrons. The third-order valence-corrected chi connectivity index (χ3v) is 4.67. The van der Waals surface area contributed by atoms with Crippen LogP contribution in [0.25, 0.3) is 6.08 Å². The fourth-order valence-electron chi connectivity index (χ4n) is 3.59. The summed E-state index contributed by atoms with van der Waals surface area (Å²) in [5.74, 6) is -0.850. The van der Waals surface area contributed by atoms with Gasteiger partial charge in [-0.15, -0.1) is 0 Å². The Hall–Kier alpha value is -2.50. The van der Waals surface area contributed by atoms with E-state index in [1.54, 1.807) is 4.90 Å². The van der Waals surface area contributed by atoms with Crippen molar-refractivity contribution in [2.45, 2.75) is 65.9 Å². The highest BCUT2D eigenvalue weighted by Crippen LogP contribution is 2.39. The summed E-state index contributed by atoms with van der Waals surface area (Å²) in [5.41, 5.74) is 3.07. The molecule has 0 saturated carbocycles. The van der Waals surface area contributed by atoms with Crippen LogP contribution in [0.2, 0.25) is 0 Å². The summed E-state index contributed by atoms with van der Waals surface area (Å²) in [7, 11) is 0. The summed E-state index contributed by atoms with van der Waals surface area (Å²) in [6.45, 7) is 12.1. The van der Waals surface area contributed by atoms with Crippen LogP contribution < -0.4 is 9.80 Å². The molecule has 1 heterocycles. The van der Waals surface area contributed by atoms with E-state index in [4.69, 9.17) is 9.84 Å². The van der Waals surface area contributed by atoms with Crippen LogP contribution in [0.15, 0.2) is 18.2 Å². The molecule has 0 bridgehead atoms. The van der Waals surface area contributed by atoms with E-state index in [2.05, 4.69) is 24.8 Å². The molecule has 1 aliphatic heterocycles. The number of carboxylic acids is 1. The zero-order chi connectivity index (χ0) is 21.6. The Kier molecular flexibility index (Phi) is 7.71. The van der Waals surface area contributed by atoms with Crippen molar-refractivity contribution in [2.24, 2.45) is 0 Å². The Balaban J connectivity index is 2.55. The first kappa shape index (κ1) is 22.8. The minimum absolute atomic E-state index is 0.0191. The largest absolute Gasteiger partial charge is 0.481 e. The number of anilines is 2. The van der Waals surface area contributed by atoms with Crippen molar-refractivity contribution in [3.05, 3.63) is 29.3 Å². The first-order valence-corrected chi connectivity index (χ1v) is 10.5. The van der Waals surface area contributed by atoms with Crippen LogP contribution in [-0.4, -0.2) is 42.4 Å². The van der Waals surface area contributed by atoms with Crippen LogP contribution in [0.1, 0.15) is 65.0 Å². The zero-order valence-corrected chi connectivity index (χ0v) is 18.3. The zero-order valence-electron chi connectivity index (χ0n) is 18.3. The van der Waals surface area contributed by atoms with Gasteiger partial charge in [0.05, 0.1) is 5.69 Å². The van der Waals surface area contributed by atoms with Gasteiger partial charge in [0.15, 0.2) is 0 Å². The number of aliphatic carboxylic acids is 1. The number of carbonyl (C=O) groups is 2. The van der Waals surface area contributed by atoms with Gasteiger partial charge >= 0.3 is 12.1 Å². The van der Waals surface area contributed by atoms with E-state index in [-0.39, 0.29) is 6.42 Å². The number of carbonyl (C=O) groups excluding carboxylic acids is 1. The SMILES string of the molecule is CCCN(CCC)c1ccc(CCC(=O)O)c2c1C=CCN2C(=O)OC(C)(C)C. The molecule has 0 atom stereocenters. The van der Waals surface area contributed by atoms with E-state index in [0.29, 0.717) is 13.0 Å². The molecule has 1 aromatic carbocycles. The molecule has 1 amide bonds. The third kappa shape index (κ3) is 5.99. The Morgan fingerprint density at radius 3 is 2.38 bits per heavy atom. The van der Waals surface area contributed by atoms with Crippen LogP contribution in [0.4, 0.5) is 16.2 Å². The molecule has 6 heteroatoms. The highest BCUT2D eigenvalue weighted by atomic mass is 16.6. The van der Waals surface area contributed by atoms with Crippen LogP contribution in [0, 0.1) is 0 Å². The number of carboxylic acid groups (broad SMARTS) is 1. The van der Waals surface area contributed by atoms with E-state index in [9.17, 15) is 9.59 Å². The Labute approximate surface area is 174 Å². The molecule has 0 aliphatic carbocycles. The molecular formula is C23H34N2O4. The van der Waals surface area contributed by atoms with E-state index in [0.717, 1.165) is 48.4 Å². The lowest BCUT2D eigenvalue weighted by atomic mass is 9.96. The van der Waals surface area contributed by atoms with E-state index >= 15 is 0 Å². The number of hydrogen-bond acceptors (Lipinski definition) is 4. The van der Waals surface area contributed by atoms with Crippen molar-refractivity contribution in [1.82, 2.24) is 0 Å². The smallest absolute Gasteiger partial charge is 0.415 e. The molecule has 1 N–H and O–H groups in total. The first-order valence-electron chi connectivity index (χ1n) is 10.5. The lowest BCUT2D eigenvalue weighted by Crippen LogP contribution is -2.39. The second kappa shape index (κ2) is 9.81. The fourth-order valence-corrected chi connectivity index (χ4v) is 3.59. The van der Waals surface area contributed by atoms with Crippen molar-refractivity contribution in [2.75, 3.05) is 29.4 Å². The maximum absolute atomic E-state index is 12.9. The van der Waals surface area contributed by atoms with Crippen LogP contribution >= 0.6 is 0 Å². The van der Waals surface area contributed by atoms with Gasteiger partial charge in [0, 0.05) is 37.3 Å². The maximum Gasteiger partial charge on any atom is 0.415 e. The lowest BCUT2D eigenvalue weighted by molar-refractivity contribution is -0.136. The highest BCUT2D eigenvalue weighted by Gasteiger charge is 2.29. The Morgan fingerprint density at radius 2 is 1.83 bits per heavy atom. The van der Waals surface area contributed by atoms with E-state index in [1.807, 2.05) is 39.0 Å². The van der Waals surface area contributed by atoms with Gasteiger partial charge in [-0.2, -0.15) is 0 Å². The summed E-state index contributed by atoms with van der Waals surface area (Å²) < 4.78 is 5.63. The summed E-state index contributed by atoms with van der Waals surface area (Å²) >= 11 is 0. The molecule has 6 nitrogen and oxygen atoms in total. The van der Waals surface area contributed by atoms with Gasteiger partial charge in [-0.3, -0.25) is 9.69 Å². The van der Waals surface area contributed by atoms with Crippen molar-refractivity contribution < 1.29 is 19.4 Å². The highest BCUT2D eigenvalue weighted by molar-refractivity contribution is 5.97. The normalized spacial score (nSPS) is 13.2. The molecule has 0 aromatic heterocycles. The van der Waals surface area contributed by atoms with Crippen molar-refractivity contribution in [3.8, 4) is 0 Å². The van der Waals surface area contributed by atoms with Gasteiger partial charge in [-0.25, -0.2) is 4.79 Å². The van der Waals surface area contributed by atoms with Crippen LogP contribution in [0.5, 0.6) is 0 Å². The number of ether oxygens (including phenoxy) is 1. The standard InChI is InChI=1S/C23H34N2O4/c1-6-14-24(15-7-2)19-12-10-17(11-13-20(26)27)21-18(19)9-8-16-25(21)22(28)29-23(3,4)5/h8-10,12H,6-7,11,13-16H2,1-5H3,(H,26,27). The minimum atomic E-state index is -0.850. The predicted octanol–water partition coefficient (Wildman–Crippen LogP) is 5.10. The molecule has 1 aromatic rings. The van der Waals surface area contributed by atoms with Crippen LogP contribution in [0.3, 0.4) is 0 Å². The molecular weight excluding hydrogens is 368 g/mol. The van der Waals surface area contributed by atoms with E-state index < -0.39 is 17.7 Å². The summed E-state index contributed by atoms with van der Waals surface area (Å²) in [6, 6.07) is 4.02. The molecule has 0 fully saturated rings. The molecule has 29 heavy (non-hydrogen) atoms. The second-order valence-corrected chi connectivity index (χ2v) is 8.38. The number of amides is 1. The minimum Gasteiger partial charge on any atom is -0.481 e. The summed E-state index contributed by atoms with van der Waals surface area (Å²) in [5, 5.41) is 9.16. The maximum atomic E-state index is 12.9. The topological polar surface area (TPSA) is 70.1 Å². The first-order chi connectivity index (χ1) is 13.7. The van der Waals surface area contributed by atoms with Crippen molar-refractivity contribution in [1.29, 1.82) is 0 Å². The molecule has 0 spiro atoms. The van der Waals surface area contributed by atoms with Crippen LogP contribution in [-0.2, 0) is 16.0 Å². The van der Waals surface area contributed by atoms with Gasteiger partial charge in [-0.05, 0) is 51.7 Å². The van der Waals surface area contributed by atoms with Gasteiger partial charge in [0.25, 0.3) is 0 Å². The monoisotopic (exact) mass is 402 g/mol. The van der Waals surface area contributed by atoms with Crippen molar-refractivity contribution >= 4 is 29.5 Å². The number of aryl methyl sites for hydroxylation is 1. The number of rotatable bonds is 8. The predicted molar refractivity (Wildman–Crippen MR) is 118 cm³/mol. The second-order valence-electron chi connectivity index (χ2n) is 8.38. The number of fused-ring (bicyclic) bond motifs is 1. The third-order valence-electron chi connectivity index (χ3n) is 4.67. The molecule has 1 aliphatic rings.